The van der Waals surface area contributed by atoms with Gasteiger partial charge in [-0.15, -0.1) is 0 Å². The first-order valence-corrected chi connectivity index (χ1v) is 7.78. The van der Waals surface area contributed by atoms with E-state index in [0.29, 0.717) is 0 Å². The molecule has 0 aliphatic carbocycles. The van der Waals surface area contributed by atoms with E-state index in [4.69, 9.17) is 23.7 Å². The normalized spacial score (nSPS) is 15.6. The lowest BCUT2D eigenvalue weighted by atomic mass is 9.99. The molecule has 0 rings (SSSR count). The molecule has 1 amide bonds. The lowest BCUT2D eigenvalue weighted by Gasteiger charge is -2.38. The van der Waals surface area contributed by atoms with Crippen molar-refractivity contribution in [3.8, 4) is 0 Å². The number of likely N-dealkylation sites (N-methyl/N-ethyl adjacent to an activating group) is 1. The van der Waals surface area contributed by atoms with Crippen molar-refractivity contribution in [3.63, 3.8) is 0 Å². The van der Waals surface area contributed by atoms with Crippen molar-refractivity contribution < 1.29 is 38.1 Å². The highest BCUT2D eigenvalue weighted by Gasteiger charge is 2.40. The molecule has 4 atom stereocenters. The predicted molar refractivity (Wildman–Crippen MR) is 87.9 cm³/mol. The summed E-state index contributed by atoms with van der Waals surface area (Å²) in [5.41, 5.74) is 0. The molecule has 0 heterocycles. The Kier molecular flexibility index (Phi) is 11.0. The standard InChI is InChI=1S/C16H29NO8/c1-10(18)17(4)13(8-24-11(2)19)15(22-6)16(23-7)14(9-21-5)25-12(3)20/h13-16H,8-9H2,1-7H3. The second-order valence-corrected chi connectivity index (χ2v) is 5.50. The summed E-state index contributed by atoms with van der Waals surface area (Å²) in [5, 5.41) is 0. The lowest BCUT2D eigenvalue weighted by Crippen LogP contribution is -2.57. The zero-order valence-corrected chi connectivity index (χ0v) is 15.9. The molecule has 0 saturated carbocycles. The summed E-state index contributed by atoms with van der Waals surface area (Å²) in [6, 6.07) is -0.647. The topological polar surface area (TPSA) is 101 Å². The molecule has 0 aromatic rings. The van der Waals surface area contributed by atoms with Gasteiger partial charge in [0.15, 0.2) is 6.10 Å². The molecule has 0 aliphatic heterocycles. The van der Waals surface area contributed by atoms with Crippen molar-refractivity contribution in [1.82, 2.24) is 4.90 Å². The van der Waals surface area contributed by atoms with E-state index in [0.717, 1.165) is 0 Å². The monoisotopic (exact) mass is 363 g/mol. The van der Waals surface area contributed by atoms with Crippen LogP contribution in [0.25, 0.3) is 0 Å². The van der Waals surface area contributed by atoms with E-state index in [-0.39, 0.29) is 19.1 Å². The van der Waals surface area contributed by atoms with Gasteiger partial charge in [-0.05, 0) is 0 Å². The molecule has 25 heavy (non-hydrogen) atoms. The highest BCUT2D eigenvalue weighted by atomic mass is 16.6. The molecule has 0 aliphatic rings. The van der Waals surface area contributed by atoms with Crippen LogP contribution in [0.2, 0.25) is 0 Å². The minimum absolute atomic E-state index is 0.0714. The summed E-state index contributed by atoms with van der Waals surface area (Å²) >= 11 is 0. The fraction of sp³-hybridized carbons (Fsp3) is 0.812. The third kappa shape index (κ3) is 7.80. The zero-order valence-electron chi connectivity index (χ0n) is 15.9. The van der Waals surface area contributed by atoms with Gasteiger partial charge < -0.3 is 28.6 Å². The molecule has 0 aromatic heterocycles. The van der Waals surface area contributed by atoms with Gasteiger partial charge in [-0.1, -0.05) is 0 Å². The molecule has 9 nitrogen and oxygen atoms in total. The quantitative estimate of drug-likeness (QED) is 0.473. The van der Waals surface area contributed by atoms with Gasteiger partial charge in [-0.25, -0.2) is 0 Å². The van der Waals surface area contributed by atoms with Crippen LogP contribution in [0.15, 0.2) is 0 Å². The fourth-order valence-corrected chi connectivity index (χ4v) is 2.44. The van der Waals surface area contributed by atoms with Crippen LogP contribution in [-0.2, 0) is 38.1 Å². The lowest BCUT2D eigenvalue weighted by molar-refractivity contribution is -0.178. The van der Waals surface area contributed by atoms with Gasteiger partial charge in [0.1, 0.15) is 18.8 Å². The summed E-state index contributed by atoms with van der Waals surface area (Å²) in [7, 11) is 5.89. The smallest absolute Gasteiger partial charge is 0.303 e. The molecular formula is C16H29NO8. The van der Waals surface area contributed by atoms with E-state index in [1.807, 2.05) is 0 Å². The second kappa shape index (κ2) is 11.8. The van der Waals surface area contributed by atoms with Crippen molar-refractivity contribution in [1.29, 1.82) is 0 Å². The summed E-state index contributed by atoms with van der Waals surface area (Å²) in [5.74, 6) is -1.24. The maximum Gasteiger partial charge on any atom is 0.303 e. The van der Waals surface area contributed by atoms with Crippen LogP contribution >= 0.6 is 0 Å². The average Bonchev–Trinajstić information content (AvgIpc) is 2.52. The number of carbonyl (C=O) groups excluding carboxylic acids is 3. The fourth-order valence-electron chi connectivity index (χ4n) is 2.44. The molecule has 0 saturated heterocycles. The molecule has 0 radical (unpaired) electrons. The van der Waals surface area contributed by atoms with Crippen LogP contribution in [-0.4, -0.2) is 88.7 Å². The van der Waals surface area contributed by atoms with Crippen LogP contribution in [0.4, 0.5) is 0 Å². The van der Waals surface area contributed by atoms with Gasteiger partial charge in [0.2, 0.25) is 5.91 Å². The van der Waals surface area contributed by atoms with Crippen molar-refractivity contribution in [2.75, 3.05) is 41.6 Å². The number of ether oxygens (including phenoxy) is 5. The number of carbonyl (C=O) groups is 3. The maximum atomic E-state index is 11.8. The van der Waals surface area contributed by atoms with Crippen molar-refractivity contribution >= 4 is 17.8 Å². The van der Waals surface area contributed by atoms with Crippen LogP contribution < -0.4 is 0 Å². The molecule has 0 spiro atoms. The summed E-state index contributed by atoms with van der Waals surface area (Å²) in [6.45, 7) is 3.90. The Morgan fingerprint density at radius 3 is 1.80 bits per heavy atom. The van der Waals surface area contributed by atoms with E-state index in [2.05, 4.69) is 0 Å². The maximum absolute atomic E-state index is 11.8. The molecule has 4 unspecified atom stereocenters. The number of esters is 2. The Hall–Kier alpha value is -1.71. The Balaban J connectivity index is 5.62. The number of hydrogen-bond acceptors (Lipinski definition) is 8. The number of nitrogens with zero attached hydrogens (tertiary/aromatic N) is 1. The SMILES string of the molecule is COCC(OC(C)=O)C(OC)C(OC)C(COC(C)=O)N(C)C(C)=O. The summed E-state index contributed by atoms with van der Waals surface area (Å²) < 4.78 is 26.4. The van der Waals surface area contributed by atoms with Crippen molar-refractivity contribution in [3.05, 3.63) is 0 Å². The van der Waals surface area contributed by atoms with Crippen molar-refractivity contribution in [2.45, 2.75) is 45.1 Å². The zero-order chi connectivity index (χ0) is 19.6. The van der Waals surface area contributed by atoms with Crippen LogP contribution in [0.1, 0.15) is 20.8 Å². The third-order valence-corrected chi connectivity index (χ3v) is 3.71. The Labute approximate surface area is 148 Å². The third-order valence-electron chi connectivity index (χ3n) is 3.71. The first-order chi connectivity index (χ1) is 11.7. The minimum atomic E-state index is -0.766. The van der Waals surface area contributed by atoms with Crippen LogP contribution in [0.3, 0.4) is 0 Å². The Bertz CT molecular complexity index is 442. The van der Waals surface area contributed by atoms with Gasteiger partial charge >= 0.3 is 11.9 Å². The molecule has 0 aromatic carbocycles. The van der Waals surface area contributed by atoms with Crippen LogP contribution in [0, 0.1) is 0 Å². The van der Waals surface area contributed by atoms with E-state index in [1.165, 1.54) is 47.0 Å². The van der Waals surface area contributed by atoms with E-state index < -0.39 is 36.3 Å². The van der Waals surface area contributed by atoms with Gasteiger partial charge in [0.25, 0.3) is 0 Å². The van der Waals surface area contributed by atoms with Gasteiger partial charge in [-0.3, -0.25) is 14.4 Å². The number of rotatable bonds is 11. The molecule has 0 bridgehead atoms. The number of hydrogen-bond donors (Lipinski definition) is 0. The van der Waals surface area contributed by atoms with Gasteiger partial charge in [0, 0.05) is 49.1 Å². The highest BCUT2D eigenvalue weighted by molar-refractivity contribution is 5.73. The average molecular weight is 363 g/mol. The molecule has 0 fully saturated rings. The second-order valence-electron chi connectivity index (χ2n) is 5.50. The Morgan fingerprint density at radius 1 is 0.880 bits per heavy atom. The number of amides is 1. The highest BCUT2D eigenvalue weighted by Crippen LogP contribution is 2.19. The van der Waals surface area contributed by atoms with Gasteiger partial charge in [-0.2, -0.15) is 0 Å². The van der Waals surface area contributed by atoms with Crippen LogP contribution in [0.5, 0.6) is 0 Å². The number of methoxy groups -OCH3 is 3. The van der Waals surface area contributed by atoms with Crippen molar-refractivity contribution in [2.24, 2.45) is 0 Å². The minimum Gasteiger partial charge on any atom is -0.464 e. The predicted octanol–water partition coefficient (Wildman–Crippen LogP) is 0.00450. The molecule has 9 heteroatoms. The molecular weight excluding hydrogens is 334 g/mol. The largest absolute Gasteiger partial charge is 0.464 e. The van der Waals surface area contributed by atoms with Gasteiger partial charge in [0.05, 0.1) is 12.6 Å². The van der Waals surface area contributed by atoms with E-state index in [9.17, 15) is 14.4 Å². The van der Waals surface area contributed by atoms with E-state index in [1.54, 1.807) is 7.05 Å². The summed E-state index contributed by atoms with van der Waals surface area (Å²) in [4.78, 5) is 35.8. The molecule has 146 valence electrons. The Morgan fingerprint density at radius 2 is 1.44 bits per heavy atom. The first-order valence-electron chi connectivity index (χ1n) is 7.78. The summed E-state index contributed by atoms with van der Waals surface area (Å²) in [6.07, 6.45) is -2.26. The molecule has 0 N–H and O–H groups in total. The van der Waals surface area contributed by atoms with E-state index >= 15 is 0 Å². The first kappa shape index (κ1) is 23.3.